The van der Waals surface area contributed by atoms with Gasteiger partial charge in [-0.05, 0) is 48.7 Å². The number of halogens is 1. The zero-order valence-corrected chi connectivity index (χ0v) is 15.0. The second kappa shape index (κ2) is 8.20. The molecule has 2 N–H and O–H groups in total. The Bertz CT molecular complexity index is 778. The van der Waals surface area contributed by atoms with Gasteiger partial charge in [0.05, 0.1) is 24.4 Å². The highest BCUT2D eigenvalue weighted by molar-refractivity contribution is 6.32. The van der Waals surface area contributed by atoms with Crippen LogP contribution in [-0.2, 0) is 18.0 Å². The molecule has 2 aromatic rings. The van der Waals surface area contributed by atoms with Gasteiger partial charge in [0.25, 0.3) is 0 Å². The van der Waals surface area contributed by atoms with Crippen LogP contribution in [0.25, 0.3) is 0 Å². The van der Waals surface area contributed by atoms with Crippen LogP contribution < -0.4 is 9.80 Å². The Morgan fingerprint density at radius 1 is 1.24 bits per heavy atom. The summed E-state index contributed by atoms with van der Waals surface area (Å²) in [5.74, 6) is 0.478. The summed E-state index contributed by atoms with van der Waals surface area (Å²) in [4.78, 5) is 11.6. The van der Waals surface area contributed by atoms with Crippen molar-refractivity contribution >= 4 is 23.4 Å². The van der Waals surface area contributed by atoms with Crippen molar-refractivity contribution in [3.8, 4) is 5.75 Å². The molecule has 0 heterocycles. The van der Waals surface area contributed by atoms with E-state index in [1.807, 2.05) is 19.9 Å². The molecular formula is C18H20ClNO5. The molecule has 134 valence electrons. The molecule has 0 saturated carbocycles. The van der Waals surface area contributed by atoms with Crippen molar-refractivity contribution in [3.05, 3.63) is 57.6 Å². The number of hydrogen-bond acceptors (Lipinski definition) is 5. The summed E-state index contributed by atoms with van der Waals surface area (Å²) in [6.07, 6.45) is -0.944. The van der Waals surface area contributed by atoms with Crippen molar-refractivity contribution < 1.29 is 24.6 Å². The van der Waals surface area contributed by atoms with E-state index in [9.17, 15) is 15.1 Å². The summed E-state index contributed by atoms with van der Waals surface area (Å²) in [6, 6.07) is 8.43. The molecule has 0 radical (unpaired) electrons. The lowest BCUT2D eigenvalue weighted by molar-refractivity contribution is 0.140. The van der Waals surface area contributed by atoms with Gasteiger partial charge in [0.15, 0.2) is 0 Å². The third-order valence-electron chi connectivity index (χ3n) is 3.91. The molecule has 0 bridgehead atoms. The number of ether oxygens (including phenoxy) is 2. The van der Waals surface area contributed by atoms with Gasteiger partial charge in [-0.15, -0.1) is 0 Å². The summed E-state index contributed by atoms with van der Waals surface area (Å²) in [5, 5.41) is 20.4. The fourth-order valence-electron chi connectivity index (χ4n) is 2.33. The van der Waals surface area contributed by atoms with Crippen molar-refractivity contribution in [2.75, 3.05) is 12.2 Å². The summed E-state index contributed by atoms with van der Waals surface area (Å²) < 4.78 is 10.3. The van der Waals surface area contributed by atoms with Gasteiger partial charge in [0.2, 0.25) is 0 Å². The summed E-state index contributed by atoms with van der Waals surface area (Å²) in [5.41, 5.74) is 3.19. The third kappa shape index (κ3) is 4.22. The van der Waals surface area contributed by atoms with Gasteiger partial charge in [-0.3, -0.25) is 5.21 Å². The molecule has 0 spiro atoms. The van der Waals surface area contributed by atoms with Crippen LogP contribution in [0, 0.1) is 13.8 Å². The first-order valence-corrected chi connectivity index (χ1v) is 7.95. The van der Waals surface area contributed by atoms with Crippen LogP contribution in [0.5, 0.6) is 5.75 Å². The second-order valence-corrected chi connectivity index (χ2v) is 5.92. The lowest BCUT2D eigenvalue weighted by atomic mass is 10.1. The number of methoxy groups -OCH3 is 1. The number of aliphatic hydroxyl groups excluding tert-OH is 1. The Balaban J connectivity index is 2.35. The molecule has 2 aromatic carbocycles. The maximum Gasteiger partial charge on any atom is 0.438 e. The summed E-state index contributed by atoms with van der Waals surface area (Å²) in [7, 11) is 1.16. The number of anilines is 1. The van der Waals surface area contributed by atoms with Crippen LogP contribution in [-0.4, -0.2) is 23.5 Å². The molecule has 7 heteroatoms. The number of amides is 1. The zero-order valence-electron chi connectivity index (χ0n) is 14.2. The van der Waals surface area contributed by atoms with Gasteiger partial charge in [-0.2, -0.15) is 5.06 Å². The predicted octanol–water partition coefficient (Wildman–Crippen LogP) is 3.99. The normalized spacial score (nSPS) is 10.5. The second-order valence-electron chi connectivity index (χ2n) is 5.51. The Morgan fingerprint density at radius 3 is 2.56 bits per heavy atom. The molecule has 1 amide bonds. The lowest BCUT2D eigenvalue weighted by Crippen LogP contribution is -2.28. The maximum atomic E-state index is 11.6. The van der Waals surface area contributed by atoms with E-state index < -0.39 is 6.09 Å². The molecule has 0 aliphatic heterocycles. The van der Waals surface area contributed by atoms with Crippen LogP contribution in [0.4, 0.5) is 10.5 Å². The number of nitrogens with zero attached hydrogens (tertiary/aromatic N) is 1. The molecule has 2 rings (SSSR count). The zero-order chi connectivity index (χ0) is 18.6. The topological polar surface area (TPSA) is 79.2 Å². The van der Waals surface area contributed by atoms with Gasteiger partial charge < -0.3 is 14.6 Å². The monoisotopic (exact) mass is 365 g/mol. The van der Waals surface area contributed by atoms with Gasteiger partial charge in [0.1, 0.15) is 12.4 Å². The Hall–Kier alpha value is -2.28. The fourth-order valence-corrected chi connectivity index (χ4v) is 2.61. The number of benzene rings is 2. The fraction of sp³-hybridized carbons (Fsp3) is 0.278. The molecule has 0 fully saturated rings. The summed E-state index contributed by atoms with van der Waals surface area (Å²) in [6.45, 7) is 3.62. The average molecular weight is 366 g/mol. The van der Waals surface area contributed by atoms with Crippen molar-refractivity contribution in [1.29, 1.82) is 0 Å². The minimum Gasteiger partial charge on any atom is -0.487 e. The number of carbonyl (C=O) groups is 1. The number of rotatable bonds is 5. The number of aliphatic hydroxyl groups is 1. The highest BCUT2D eigenvalue weighted by atomic mass is 35.5. The van der Waals surface area contributed by atoms with Crippen LogP contribution >= 0.6 is 11.6 Å². The first kappa shape index (κ1) is 19.1. The van der Waals surface area contributed by atoms with Crippen LogP contribution in [0.3, 0.4) is 0 Å². The molecule has 0 aromatic heterocycles. The van der Waals surface area contributed by atoms with E-state index in [1.54, 1.807) is 18.2 Å². The van der Waals surface area contributed by atoms with Gasteiger partial charge in [-0.1, -0.05) is 23.7 Å². The van der Waals surface area contributed by atoms with Crippen LogP contribution in [0.2, 0.25) is 5.02 Å². The predicted molar refractivity (Wildman–Crippen MR) is 94.3 cm³/mol. The standard InChI is InChI=1S/C18H20ClNO5/c1-11-7-15(19)17(8-12(11)2)25-10-14-13(9-21)5-4-6-16(14)20(23)18(22)24-3/h4-8,21,23H,9-10H2,1-3H3. The number of hydrogen-bond donors (Lipinski definition) is 2. The molecule has 0 aliphatic carbocycles. The number of carbonyl (C=O) groups excluding carboxylic acids is 1. The molecule has 0 unspecified atom stereocenters. The van der Waals surface area contributed by atoms with Gasteiger partial charge >= 0.3 is 6.09 Å². The molecule has 0 atom stereocenters. The largest absolute Gasteiger partial charge is 0.487 e. The van der Waals surface area contributed by atoms with Crippen molar-refractivity contribution in [1.82, 2.24) is 0 Å². The third-order valence-corrected chi connectivity index (χ3v) is 4.21. The van der Waals surface area contributed by atoms with E-state index in [0.29, 0.717) is 27.0 Å². The summed E-state index contributed by atoms with van der Waals surface area (Å²) >= 11 is 6.21. The number of aryl methyl sites for hydroxylation is 2. The molecular weight excluding hydrogens is 346 g/mol. The minimum absolute atomic E-state index is 0.00232. The first-order chi connectivity index (χ1) is 11.9. The lowest BCUT2D eigenvalue weighted by Gasteiger charge is -2.20. The number of hydroxylamine groups is 1. The SMILES string of the molecule is COC(=O)N(O)c1cccc(CO)c1COc1cc(C)c(C)cc1Cl. The quantitative estimate of drug-likeness (QED) is 0.618. The Morgan fingerprint density at radius 2 is 1.92 bits per heavy atom. The van der Waals surface area contributed by atoms with Crippen molar-refractivity contribution in [2.24, 2.45) is 0 Å². The Labute approximate surface area is 151 Å². The molecule has 0 saturated heterocycles. The van der Waals surface area contributed by atoms with Crippen LogP contribution in [0.15, 0.2) is 30.3 Å². The van der Waals surface area contributed by atoms with E-state index in [4.69, 9.17) is 16.3 Å². The maximum absolute atomic E-state index is 11.6. The highest BCUT2D eigenvalue weighted by Gasteiger charge is 2.20. The van der Waals surface area contributed by atoms with Crippen molar-refractivity contribution in [3.63, 3.8) is 0 Å². The van der Waals surface area contributed by atoms with Gasteiger partial charge in [0, 0.05) is 5.56 Å². The van der Waals surface area contributed by atoms with E-state index in [2.05, 4.69) is 4.74 Å². The van der Waals surface area contributed by atoms with Crippen molar-refractivity contribution in [2.45, 2.75) is 27.1 Å². The molecule has 6 nitrogen and oxygen atoms in total. The van der Waals surface area contributed by atoms with E-state index in [0.717, 1.165) is 18.2 Å². The Kier molecular flexibility index (Phi) is 6.25. The van der Waals surface area contributed by atoms with E-state index in [-0.39, 0.29) is 18.9 Å². The molecule has 25 heavy (non-hydrogen) atoms. The van der Waals surface area contributed by atoms with Gasteiger partial charge in [-0.25, -0.2) is 4.79 Å². The van der Waals surface area contributed by atoms with Crippen LogP contribution in [0.1, 0.15) is 22.3 Å². The average Bonchev–Trinajstić information content (AvgIpc) is 2.61. The minimum atomic E-state index is -0.944. The van der Waals surface area contributed by atoms with E-state index >= 15 is 0 Å². The molecule has 0 aliphatic rings. The highest BCUT2D eigenvalue weighted by Crippen LogP contribution is 2.31. The first-order valence-electron chi connectivity index (χ1n) is 7.57. The smallest absolute Gasteiger partial charge is 0.438 e. The van der Waals surface area contributed by atoms with E-state index in [1.165, 1.54) is 6.07 Å².